The molecule has 0 aliphatic heterocycles. The van der Waals surface area contributed by atoms with Crippen molar-refractivity contribution in [2.75, 3.05) is 6.54 Å². The molecule has 0 aliphatic carbocycles. The standard InChI is InChI=1S/C11H11ClN2S/c12-10-9(6-7-13)14-11(15-10)8-4-2-1-3-5-8/h1-5H,6-7,13H2. The second-order valence-corrected chi connectivity index (χ2v) is 4.75. The average Bonchev–Trinajstić information content (AvgIpc) is 2.63. The highest BCUT2D eigenvalue weighted by molar-refractivity contribution is 7.19. The fourth-order valence-corrected chi connectivity index (χ4v) is 2.53. The summed E-state index contributed by atoms with van der Waals surface area (Å²) in [5.41, 5.74) is 7.49. The molecule has 0 spiro atoms. The van der Waals surface area contributed by atoms with Crippen LogP contribution in [0.4, 0.5) is 0 Å². The van der Waals surface area contributed by atoms with Crippen LogP contribution in [0.25, 0.3) is 10.6 Å². The quantitative estimate of drug-likeness (QED) is 0.893. The predicted octanol–water partition coefficient (Wildman–Crippen LogP) is 2.96. The molecule has 0 atom stereocenters. The van der Waals surface area contributed by atoms with Crippen LogP contribution in [0.5, 0.6) is 0 Å². The van der Waals surface area contributed by atoms with E-state index in [2.05, 4.69) is 4.98 Å². The van der Waals surface area contributed by atoms with Gasteiger partial charge in [-0.2, -0.15) is 0 Å². The van der Waals surface area contributed by atoms with Gasteiger partial charge in [-0.25, -0.2) is 4.98 Å². The van der Waals surface area contributed by atoms with Crippen LogP contribution in [-0.4, -0.2) is 11.5 Å². The average molecular weight is 239 g/mol. The number of halogens is 1. The van der Waals surface area contributed by atoms with E-state index < -0.39 is 0 Å². The molecule has 0 fully saturated rings. The maximum absolute atomic E-state index is 6.07. The number of hydrogen-bond donors (Lipinski definition) is 1. The normalized spacial score (nSPS) is 10.5. The fourth-order valence-electron chi connectivity index (χ4n) is 1.33. The van der Waals surface area contributed by atoms with Crippen molar-refractivity contribution >= 4 is 22.9 Å². The van der Waals surface area contributed by atoms with Crippen LogP contribution < -0.4 is 5.73 Å². The van der Waals surface area contributed by atoms with Gasteiger partial charge in [0.15, 0.2) is 0 Å². The Morgan fingerprint density at radius 1 is 1.27 bits per heavy atom. The Labute approximate surface area is 97.7 Å². The highest BCUT2D eigenvalue weighted by Gasteiger charge is 2.09. The number of aromatic nitrogens is 1. The van der Waals surface area contributed by atoms with Crippen molar-refractivity contribution in [3.8, 4) is 10.6 Å². The van der Waals surface area contributed by atoms with Crippen molar-refractivity contribution in [1.82, 2.24) is 4.98 Å². The molecule has 2 aromatic rings. The number of nitrogens with zero attached hydrogens (tertiary/aromatic N) is 1. The Kier molecular flexibility index (Phi) is 3.36. The molecule has 1 aromatic carbocycles. The van der Waals surface area contributed by atoms with Crippen LogP contribution >= 0.6 is 22.9 Å². The van der Waals surface area contributed by atoms with Crippen LogP contribution in [0.1, 0.15) is 5.69 Å². The van der Waals surface area contributed by atoms with E-state index in [-0.39, 0.29) is 0 Å². The van der Waals surface area contributed by atoms with Crippen LogP contribution in [0.3, 0.4) is 0 Å². The zero-order valence-electron chi connectivity index (χ0n) is 8.11. The number of rotatable bonds is 3. The largest absolute Gasteiger partial charge is 0.330 e. The summed E-state index contributed by atoms with van der Waals surface area (Å²) in [4.78, 5) is 4.48. The maximum Gasteiger partial charge on any atom is 0.125 e. The monoisotopic (exact) mass is 238 g/mol. The van der Waals surface area contributed by atoms with E-state index in [1.807, 2.05) is 30.3 Å². The summed E-state index contributed by atoms with van der Waals surface area (Å²) in [5, 5.41) is 0.962. The van der Waals surface area contributed by atoms with Crippen molar-refractivity contribution in [3.05, 3.63) is 40.4 Å². The predicted molar refractivity (Wildman–Crippen MR) is 65.3 cm³/mol. The topological polar surface area (TPSA) is 38.9 Å². The highest BCUT2D eigenvalue weighted by atomic mass is 35.5. The van der Waals surface area contributed by atoms with Crippen LogP contribution in [0.2, 0.25) is 4.34 Å². The number of nitrogens with two attached hydrogens (primary N) is 1. The summed E-state index contributed by atoms with van der Waals surface area (Å²) in [6.45, 7) is 0.581. The van der Waals surface area contributed by atoms with E-state index in [9.17, 15) is 0 Å². The van der Waals surface area contributed by atoms with Gasteiger partial charge in [-0.3, -0.25) is 0 Å². The number of hydrogen-bond acceptors (Lipinski definition) is 3. The zero-order valence-corrected chi connectivity index (χ0v) is 9.68. The molecule has 78 valence electrons. The van der Waals surface area contributed by atoms with E-state index >= 15 is 0 Å². The maximum atomic E-state index is 6.07. The Morgan fingerprint density at radius 3 is 2.67 bits per heavy atom. The highest BCUT2D eigenvalue weighted by Crippen LogP contribution is 2.31. The summed E-state index contributed by atoms with van der Waals surface area (Å²) >= 11 is 7.58. The molecule has 0 bridgehead atoms. The molecule has 2 rings (SSSR count). The second kappa shape index (κ2) is 4.75. The smallest absolute Gasteiger partial charge is 0.125 e. The van der Waals surface area contributed by atoms with Crippen molar-refractivity contribution in [2.24, 2.45) is 5.73 Å². The van der Waals surface area contributed by atoms with Crippen molar-refractivity contribution in [1.29, 1.82) is 0 Å². The molecule has 0 radical (unpaired) electrons. The van der Waals surface area contributed by atoms with Gasteiger partial charge in [0.1, 0.15) is 9.34 Å². The summed E-state index contributed by atoms with van der Waals surface area (Å²) in [7, 11) is 0. The summed E-state index contributed by atoms with van der Waals surface area (Å²) < 4.78 is 0.749. The van der Waals surface area contributed by atoms with Gasteiger partial charge in [-0.05, 0) is 6.54 Å². The van der Waals surface area contributed by atoms with E-state index in [1.54, 1.807) is 0 Å². The molecule has 0 unspecified atom stereocenters. The first-order chi connectivity index (χ1) is 7.31. The van der Waals surface area contributed by atoms with Crippen LogP contribution in [-0.2, 0) is 6.42 Å². The minimum atomic E-state index is 0.581. The molecule has 0 saturated carbocycles. The Hall–Kier alpha value is -0.900. The van der Waals surface area contributed by atoms with Gasteiger partial charge in [0.2, 0.25) is 0 Å². The third-order valence-corrected chi connectivity index (χ3v) is 3.44. The van der Waals surface area contributed by atoms with Gasteiger partial charge >= 0.3 is 0 Å². The Morgan fingerprint density at radius 2 is 2.00 bits per heavy atom. The van der Waals surface area contributed by atoms with Gasteiger partial charge in [0.05, 0.1) is 5.69 Å². The lowest BCUT2D eigenvalue weighted by Gasteiger charge is -1.93. The molecular formula is C11H11ClN2S. The van der Waals surface area contributed by atoms with Crippen LogP contribution in [0, 0.1) is 0 Å². The summed E-state index contributed by atoms with van der Waals surface area (Å²) in [6, 6.07) is 10.0. The molecule has 2 N–H and O–H groups in total. The molecule has 0 aliphatic rings. The van der Waals surface area contributed by atoms with E-state index in [1.165, 1.54) is 11.3 Å². The van der Waals surface area contributed by atoms with Crippen molar-refractivity contribution in [3.63, 3.8) is 0 Å². The Balaban J connectivity index is 2.34. The second-order valence-electron chi connectivity index (χ2n) is 3.14. The number of benzene rings is 1. The lowest BCUT2D eigenvalue weighted by atomic mass is 10.2. The molecule has 4 heteroatoms. The minimum Gasteiger partial charge on any atom is -0.330 e. The van der Waals surface area contributed by atoms with Gasteiger partial charge in [-0.15, -0.1) is 11.3 Å². The third-order valence-electron chi connectivity index (χ3n) is 2.05. The molecule has 15 heavy (non-hydrogen) atoms. The molecule has 1 heterocycles. The summed E-state index contributed by atoms with van der Waals surface area (Å²) in [5.74, 6) is 0. The molecule has 0 amide bonds. The SMILES string of the molecule is NCCc1nc(-c2ccccc2)sc1Cl. The first-order valence-electron chi connectivity index (χ1n) is 4.72. The van der Waals surface area contributed by atoms with Crippen molar-refractivity contribution in [2.45, 2.75) is 6.42 Å². The molecular weight excluding hydrogens is 228 g/mol. The Bertz CT molecular complexity index is 439. The molecule has 1 aromatic heterocycles. The van der Waals surface area contributed by atoms with Crippen LogP contribution in [0.15, 0.2) is 30.3 Å². The van der Waals surface area contributed by atoms with E-state index in [4.69, 9.17) is 17.3 Å². The molecule has 0 saturated heterocycles. The minimum absolute atomic E-state index is 0.581. The summed E-state index contributed by atoms with van der Waals surface area (Å²) in [6.07, 6.45) is 0.738. The van der Waals surface area contributed by atoms with Gasteiger partial charge in [0.25, 0.3) is 0 Å². The van der Waals surface area contributed by atoms with Crippen molar-refractivity contribution < 1.29 is 0 Å². The molecule has 2 nitrogen and oxygen atoms in total. The lowest BCUT2D eigenvalue weighted by Crippen LogP contribution is -2.03. The fraction of sp³-hybridized carbons (Fsp3) is 0.182. The first kappa shape index (κ1) is 10.6. The zero-order chi connectivity index (χ0) is 10.7. The van der Waals surface area contributed by atoms with E-state index in [0.717, 1.165) is 27.0 Å². The van der Waals surface area contributed by atoms with Gasteiger partial charge in [-0.1, -0.05) is 41.9 Å². The van der Waals surface area contributed by atoms with Gasteiger partial charge < -0.3 is 5.73 Å². The van der Waals surface area contributed by atoms with E-state index in [0.29, 0.717) is 6.54 Å². The first-order valence-corrected chi connectivity index (χ1v) is 5.91. The lowest BCUT2D eigenvalue weighted by molar-refractivity contribution is 0.937. The van der Waals surface area contributed by atoms with Gasteiger partial charge in [0, 0.05) is 12.0 Å². The third kappa shape index (κ3) is 2.37. The number of thiazole rings is 1.